The van der Waals surface area contributed by atoms with E-state index in [1.165, 1.54) is 0 Å². The molecule has 0 amide bonds. The molecule has 0 unspecified atom stereocenters. The van der Waals surface area contributed by atoms with E-state index in [1.807, 2.05) is 0 Å². The first-order chi connectivity index (χ1) is 1.00. The van der Waals surface area contributed by atoms with Gasteiger partial charge >= 0.3 is 29.6 Å². The molecule has 0 fully saturated rings. The van der Waals surface area contributed by atoms with Crippen molar-refractivity contribution in [2.24, 2.45) is 0 Å². The van der Waals surface area contributed by atoms with Gasteiger partial charge in [-0.2, -0.15) is 0 Å². The maximum absolute atomic E-state index is 6.00. The number of rotatable bonds is 0. The van der Waals surface area contributed by atoms with Crippen molar-refractivity contribution in [1.82, 2.24) is 0 Å². The Morgan fingerprint density at radius 3 is 1.00 bits per heavy atom. The zero-order valence-corrected chi connectivity index (χ0v) is 4.27. The molecular formula is H2FNaO2. The Morgan fingerprint density at radius 2 is 1.00 bits per heavy atom. The van der Waals surface area contributed by atoms with Crippen molar-refractivity contribution >= 4 is 0 Å². The van der Waals surface area contributed by atoms with Crippen molar-refractivity contribution in [3.05, 3.63) is 0 Å². The van der Waals surface area contributed by atoms with Crippen molar-refractivity contribution in [2.75, 3.05) is 0 Å². The Morgan fingerprint density at radius 1 is 1.00 bits per heavy atom. The summed E-state index contributed by atoms with van der Waals surface area (Å²) < 4.78 is 0. The van der Waals surface area contributed by atoms with Crippen LogP contribution in [-0.4, -0.2) is 10.5 Å². The second-order valence-electron chi connectivity index (χ2n) is 0. The van der Waals surface area contributed by atoms with Crippen molar-refractivity contribution in [3.63, 3.8) is 0 Å². The van der Waals surface area contributed by atoms with Gasteiger partial charge in [0.2, 0.25) is 0 Å². The van der Waals surface area contributed by atoms with Gasteiger partial charge in [-0.25, -0.2) is 0 Å². The first-order valence-corrected chi connectivity index (χ1v) is 0.200. The molecule has 0 rings (SSSR count). The first kappa shape index (κ1) is 21.0. The summed E-state index contributed by atoms with van der Waals surface area (Å²) in [7, 11) is 0. The predicted molar refractivity (Wildman–Crippen MR) is 5.26 cm³/mol. The zero-order valence-electron chi connectivity index (χ0n) is 2.27. The average Bonchev–Trinajstić information content (AvgIpc) is 1.00. The van der Waals surface area contributed by atoms with Crippen molar-refractivity contribution in [3.8, 4) is 0 Å². The fraction of sp³-hybridized carbons (Fsp3) is 0. The van der Waals surface area contributed by atoms with E-state index in [-0.39, 0.29) is 34.3 Å². The van der Waals surface area contributed by atoms with Crippen LogP contribution in [0.4, 0.5) is 0 Å². The Bertz CT molecular complexity index is 6.00. The first-order valence-electron chi connectivity index (χ1n) is 0.200. The molecule has 0 atom stereocenters. The van der Waals surface area contributed by atoms with E-state index in [4.69, 9.17) is 10.5 Å². The molecule has 0 spiro atoms. The molecule has 0 radical (unpaired) electrons. The summed E-state index contributed by atoms with van der Waals surface area (Å²) >= 11 is 0. The normalized spacial score (nSPS) is 1.50. The van der Waals surface area contributed by atoms with Crippen LogP contribution in [-0.2, 0) is 0 Å². The van der Waals surface area contributed by atoms with Gasteiger partial charge in [0.05, 0.1) is 0 Å². The van der Waals surface area contributed by atoms with Crippen LogP contribution in [0.3, 0.4) is 0 Å². The molecule has 2 N–H and O–H groups in total. The molecule has 0 saturated heterocycles. The fourth-order valence-electron chi connectivity index (χ4n) is 0. The maximum atomic E-state index is 6.00. The van der Waals surface area contributed by atoms with Crippen LogP contribution in [0, 0.1) is 0 Å². The molecule has 0 aromatic carbocycles. The molecule has 4 heavy (non-hydrogen) atoms. The van der Waals surface area contributed by atoms with Gasteiger partial charge in [0.25, 0.3) is 0 Å². The van der Waals surface area contributed by atoms with E-state index in [9.17, 15) is 0 Å². The summed E-state index contributed by atoms with van der Waals surface area (Å²) in [5, 5.41) is 12.0. The quantitative estimate of drug-likeness (QED) is 0.171. The van der Waals surface area contributed by atoms with E-state index in [1.54, 1.807) is 0 Å². The van der Waals surface area contributed by atoms with Crippen molar-refractivity contribution < 1.29 is 44.8 Å². The molecule has 0 bridgehead atoms. The summed E-state index contributed by atoms with van der Waals surface area (Å²) in [6, 6.07) is 0. The van der Waals surface area contributed by atoms with Crippen LogP contribution in [0.1, 0.15) is 0 Å². The third kappa shape index (κ3) is 13.5. The van der Waals surface area contributed by atoms with Gasteiger partial charge in [0.1, 0.15) is 0 Å². The van der Waals surface area contributed by atoms with Gasteiger partial charge in [-0.05, 0) is 0 Å². The molecule has 0 aromatic heterocycles. The van der Waals surface area contributed by atoms with Crippen molar-refractivity contribution in [1.29, 1.82) is 0 Å². The van der Waals surface area contributed by atoms with Crippen LogP contribution in [0.25, 0.3) is 0 Å². The molecule has 22 valence electrons. The van der Waals surface area contributed by atoms with Gasteiger partial charge in [-0.1, -0.05) is 0 Å². The second-order valence-corrected chi connectivity index (χ2v) is 0. The predicted octanol–water partition coefficient (Wildman–Crippen LogP) is -5.97. The standard InChI is InChI=1S/FH.Na.H2O2/c;;1-2/h1H;;1-2H/q;+1;/p-1. The van der Waals surface area contributed by atoms with Crippen molar-refractivity contribution in [2.45, 2.75) is 0 Å². The third-order valence-corrected chi connectivity index (χ3v) is 0. The molecule has 0 saturated carbocycles. The number of halogens is 1. The minimum Gasteiger partial charge on any atom is -1.00 e. The maximum Gasteiger partial charge on any atom is 1.00 e. The van der Waals surface area contributed by atoms with Crippen LogP contribution >= 0.6 is 0 Å². The van der Waals surface area contributed by atoms with E-state index >= 15 is 0 Å². The summed E-state index contributed by atoms with van der Waals surface area (Å²) in [6.45, 7) is 0. The molecule has 0 aliphatic carbocycles. The summed E-state index contributed by atoms with van der Waals surface area (Å²) in [6.07, 6.45) is 0. The largest absolute Gasteiger partial charge is 1.00 e. The van der Waals surface area contributed by atoms with Gasteiger partial charge in [-0.3, -0.25) is 10.5 Å². The molecule has 0 aliphatic rings. The third-order valence-electron chi connectivity index (χ3n) is 0. The van der Waals surface area contributed by atoms with E-state index in [2.05, 4.69) is 0 Å². The summed E-state index contributed by atoms with van der Waals surface area (Å²) in [5.74, 6) is 0. The molecular weight excluding hydrogens is 74.0 g/mol. The van der Waals surface area contributed by atoms with Gasteiger partial charge in [-0.15, -0.1) is 0 Å². The average molecular weight is 76.0 g/mol. The Kier molecular flexibility index (Phi) is 227. The molecule has 0 aromatic rings. The Labute approximate surface area is 45.0 Å². The molecule has 0 heterocycles. The summed E-state index contributed by atoms with van der Waals surface area (Å²) in [4.78, 5) is 0. The number of hydrogen-bond donors (Lipinski definition) is 2. The topological polar surface area (TPSA) is 40.5 Å². The van der Waals surface area contributed by atoms with Gasteiger partial charge < -0.3 is 4.70 Å². The minimum absolute atomic E-state index is 0. The zero-order chi connectivity index (χ0) is 2.00. The molecule has 4 heteroatoms. The van der Waals surface area contributed by atoms with Gasteiger partial charge in [0.15, 0.2) is 0 Å². The summed E-state index contributed by atoms with van der Waals surface area (Å²) in [5.41, 5.74) is 0. The van der Waals surface area contributed by atoms with Crippen LogP contribution in [0.15, 0.2) is 0 Å². The Hall–Kier alpha value is 0.850. The number of hydrogen-bond acceptors (Lipinski definition) is 2. The smallest absolute Gasteiger partial charge is 1.00 e. The van der Waals surface area contributed by atoms with Crippen LogP contribution < -0.4 is 34.3 Å². The van der Waals surface area contributed by atoms with Crippen LogP contribution in [0.2, 0.25) is 0 Å². The van der Waals surface area contributed by atoms with E-state index in [0.717, 1.165) is 0 Å². The monoisotopic (exact) mass is 76.0 g/mol. The Balaban J connectivity index is -0.00000000500. The SMILES string of the molecule is OO.[F-].[Na+]. The minimum atomic E-state index is 0. The fourth-order valence-corrected chi connectivity index (χ4v) is 0. The molecule has 0 aliphatic heterocycles. The second kappa shape index (κ2) is 43.3. The van der Waals surface area contributed by atoms with E-state index in [0.29, 0.717) is 0 Å². The van der Waals surface area contributed by atoms with Gasteiger partial charge in [0, 0.05) is 0 Å². The van der Waals surface area contributed by atoms with Crippen LogP contribution in [0.5, 0.6) is 0 Å². The van der Waals surface area contributed by atoms with E-state index < -0.39 is 0 Å². The molecule has 2 nitrogen and oxygen atoms in total.